The Morgan fingerprint density at radius 1 is 1.00 bits per heavy atom. The molecule has 182 valence electrons. The molecule has 0 amide bonds. The van der Waals surface area contributed by atoms with E-state index >= 15 is 4.39 Å². The van der Waals surface area contributed by atoms with Gasteiger partial charge in [-0.2, -0.15) is 10.5 Å². The van der Waals surface area contributed by atoms with Crippen molar-refractivity contribution in [2.24, 2.45) is 5.73 Å². The highest BCUT2D eigenvalue weighted by atomic mass is 35.5. The third-order valence-corrected chi connectivity index (χ3v) is 6.36. The Morgan fingerprint density at radius 3 is 2.39 bits per heavy atom. The van der Waals surface area contributed by atoms with Crippen LogP contribution in [0.3, 0.4) is 0 Å². The Labute approximate surface area is 212 Å². The lowest BCUT2D eigenvalue weighted by atomic mass is 9.95. The number of nitriles is 2. The van der Waals surface area contributed by atoms with Crippen molar-refractivity contribution in [1.29, 1.82) is 10.5 Å². The molecule has 5 rings (SSSR count). The summed E-state index contributed by atoms with van der Waals surface area (Å²) < 4.78 is 35.3. The van der Waals surface area contributed by atoms with Crippen LogP contribution in [0.4, 0.5) is 14.6 Å². The molecule has 0 spiro atoms. The minimum absolute atomic E-state index is 0. The standard InChI is InChI=1S/C26H20F2N6O.ClH/c1-14-19-10-23(28)20(11-24(19)35-33-14)21-8-17(13-30)26(34-6-4-18(31)5-7-34)32-25(21)15-2-3-16(12-29)22(27)9-15;/h2-3,8-11,18H,4-7,31H2,1H3;1H. The number of piperidine rings is 1. The Morgan fingerprint density at radius 2 is 1.72 bits per heavy atom. The topological polar surface area (TPSA) is 116 Å². The van der Waals surface area contributed by atoms with Crippen LogP contribution < -0.4 is 10.6 Å². The normalized spacial score (nSPS) is 13.8. The van der Waals surface area contributed by atoms with Crippen LogP contribution in [0.5, 0.6) is 0 Å². The van der Waals surface area contributed by atoms with Gasteiger partial charge in [-0.05, 0) is 50.1 Å². The molecule has 0 bridgehead atoms. The maximum Gasteiger partial charge on any atom is 0.167 e. The fourth-order valence-corrected chi connectivity index (χ4v) is 4.40. The van der Waals surface area contributed by atoms with Crippen LogP contribution in [0, 0.1) is 41.2 Å². The van der Waals surface area contributed by atoms with E-state index in [0.29, 0.717) is 46.7 Å². The first kappa shape index (κ1) is 25.1. The summed E-state index contributed by atoms with van der Waals surface area (Å²) in [6.07, 6.45) is 1.48. The third kappa shape index (κ3) is 4.35. The number of hydrogen-bond donors (Lipinski definition) is 1. The van der Waals surface area contributed by atoms with Crippen LogP contribution in [0.15, 0.2) is 40.9 Å². The molecule has 10 heteroatoms. The van der Waals surface area contributed by atoms with Crippen LogP contribution in [-0.2, 0) is 0 Å². The van der Waals surface area contributed by atoms with Crippen molar-refractivity contribution in [3.8, 4) is 34.5 Å². The van der Waals surface area contributed by atoms with Gasteiger partial charge >= 0.3 is 0 Å². The molecule has 2 N–H and O–H groups in total. The van der Waals surface area contributed by atoms with Crippen molar-refractivity contribution < 1.29 is 13.3 Å². The van der Waals surface area contributed by atoms with E-state index in [4.69, 9.17) is 20.5 Å². The SMILES string of the molecule is Cc1noc2cc(-c3cc(C#N)c(N4CCC(N)CC4)nc3-c3ccc(C#N)c(F)c3)c(F)cc12.Cl. The Hall–Kier alpha value is -4.05. The molecule has 4 aromatic rings. The summed E-state index contributed by atoms with van der Waals surface area (Å²) in [7, 11) is 0. The highest BCUT2D eigenvalue weighted by molar-refractivity contribution is 5.90. The van der Waals surface area contributed by atoms with Crippen LogP contribution in [-0.4, -0.2) is 29.3 Å². The predicted octanol–water partition coefficient (Wildman–Crippen LogP) is 5.24. The number of nitrogens with zero attached hydrogens (tertiary/aromatic N) is 5. The molecular formula is C26H21ClF2N6O. The number of hydrogen-bond acceptors (Lipinski definition) is 7. The molecular weight excluding hydrogens is 486 g/mol. The summed E-state index contributed by atoms with van der Waals surface area (Å²) >= 11 is 0. The van der Waals surface area contributed by atoms with Gasteiger partial charge in [0.25, 0.3) is 0 Å². The molecule has 1 aliphatic rings. The number of halogens is 3. The van der Waals surface area contributed by atoms with Gasteiger partial charge in [0.15, 0.2) is 5.58 Å². The van der Waals surface area contributed by atoms with Crippen molar-refractivity contribution >= 4 is 29.2 Å². The molecule has 2 aromatic carbocycles. The highest BCUT2D eigenvalue weighted by Gasteiger charge is 2.25. The Balaban J connectivity index is 0.00000304. The quantitative estimate of drug-likeness (QED) is 0.404. The summed E-state index contributed by atoms with van der Waals surface area (Å²) in [6.45, 7) is 2.94. The zero-order valence-corrected chi connectivity index (χ0v) is 20.1. The second-order valence-electron chi connectivity index (χ2n) is 8.59. The lowest BCUT2D eigenvalue weighted by Gasteiger charge is -2.32. The maximum absolute atomic E-state index is 15.4. The Bertz CT molecular complexity index is 1550. The largest absolute Gasteiger partial charge is 0.356 e. The number of benzene rings is 2. The van der Waals surface area contributed by atoms with Crippen LogP contribution in [0.1, 0.15) is 29.7 Å². The Kier molecular flexibility index (Phi) is 6.89. The first-order valence-electron chi connectivity index (χ1n) is 11.1. The van der Waals surface area contributed by atoms with Crippen LogP contribution >= 0.6 is 12.4 Å². The second-order valence-corrected chi connectivity index (χ2v) is 8.59. The molecule has 1 aliphatic heterocycles. The van der Waals surface area contributed by atoms with Crippen molar-refractivity contribution in [3.05, 3.63) is 64.9 Å². The number of anilines is 1. The minimum atomic E-state index is -0.714. The lowest BCUT2D eigenvalue weighted by Crippen LogP contribution is -2.40. The van der Waals surface area contributed by atoms with E-state index in [1.54, 1.807) is 25.1 Å². The molecule has 1 saturated heterocycles. The molecule has 0 unspecified atom stereocenters. The fourth-order valence-electron chi connectivity index (χ4n) is 4.40. The fraction of sp³-hybridized carbons (Fsp3) is 0.231. The van der Waals surface area contributed by atoms with Crippen molar-refractivity contribution in [1.82, 2.24) is 10.1 Å². The van der Waals surface area contributed by atoms with Gasteiger partial charge in [-0.3, -0.25) is 0 Å². The average molecular weight is 507 g/mol. The molecule has 2 aromatic heterocycles. The molecule has 0 saturated carbocycles. The van der Waals surface area contributed by atoms with Gasteiger partial charge in [-0.15, -0.1) is 12.4 Å². The molecule has 0 aliphatic carbocycles. The van der Waals surface area contributed by atoms with Gasteiger partial charge in [0.1, 0.15) is 29.6 Å². The van der Waals surface area contributed by atoms with Crippen molar-refractivity contribution in [2.75, 3.05) is 18.0 Å². The number of aryl methyl sites for hydroxylation is 1. The summed E-state index contributed by atoms with van der Waals surface area (Å²) in [5.41, 5.74) is 8.20. The zero-order valence-electron chi connectivity index (χ0n) is 19.3. The van der Waals surface area contributed by atoms with Crippen molar-refractivity contribution in [2.45, 2.75) is 25.8 Å². The number of aromatic nitrogens is 2. The zero-order chi connectivity index (χ0) is 24.7. The lowest BCUT2D eigenvalue weighted by molar-refractivity contribution is 0.450. The van der Waals surface area contributed by atoms with E-state index < -0.39 is 11.6 Å². The third-order valence-electron chi connectivity index (χ3n) is 6.36. The molecule has 7 nitrogen and oxygen atoms in total. The molecule has 1 fully saturated rings. The maximum atomic E-state index is 15.4. The van der Waals surface area contributed by atoms with Gasteiger partial charge in [0, 0.05) is 41.2 Å². The average Bonchev–Trinajstić information content (AvgIpc) is 3.22. The molecule has 0 atom stereocenters. The molecule has 3 heterocycles. The van der Waals surface area contributed by atoms with Gasteiger partial charge < -0.3 is 15.2 Å². The number of fused-ring (bicyclic) bond motifs is 1. The van der Waals surface area contributed by atoms with Gasteiger partial charge in [0.2, 0.25) is 0 Å². The smallest absolute Gasteiger partial charge is 0.167 e. The van der Waals surface area contributed by atoms with E-state index in [1.165, 1.54) is 24.3 Å². The monoisotopic (exact) mass is 506 g/mol. The van der Waals surface area contributed by atoms with Crippen molar-refractivity contribution in [3.63, 3.8) is 0 Å². The highest BCUT2D eigenvalue weighted by Crippen LogP contribution is 2.38. The van der Waals surface area contributed by atoms with Gasteiger partial charge in [0.05, 0.1) is 22.5 Å². The summed E-state index contributed by atoms with van der Waals surface area (Å²) in [4.78, 5) is 6.73. The molecule has 0 radical (unpaired) electrons. The second kappa shape index (κ2) is 9.90. The number of rotatable bonds is 3. The summed E-state index contributed by atoms with van der Waals surface area (Å²) in [6, 6.07) is 12.6. The van der Waals surface area contributed by atoms with Crippen LogP contribution in [0.2, 0.25) is 0 Å². The number of nitrogens with two attached hydrogens (primary N) is 1. The summed E-state index contributed by atoms with van der Waals surface area (Å²) in [5.74, 6) is -0.837. The van der Waals surface area contributed by atoms with Gasteiger partial charge in [-0.1, -0.05) is 11.2 Å². The van der Waals surface area contributed by atoms with E-state index in [1.807, 2.05) is 4.90 Å². The first-order chi connectivity index (χ1) is 16.9. The van der Waals surface area contributed by atoms with E-state index in [2.05, 4.69) is 11.2 Å². The number of pyridine rings is 1. The van der Waals surface area contributed by atoms with E-state index in [-0.39, 0.29) is 40.8 Å². The predicted molar refractivity (Wildman–Crippen MR) is 133 cm³/mol. The summed E-state index contributed by atoms with van der Waals surface area (Å²) in [5, 5.41) is 23.5. The van der Waals surface area contributed by atoms with Gasteiger partial charge in [-0.25, -0.2) is 13.8 Å². The minimum Gasteiger partial charge on any atom is -0.356 e. The molecule has 36 heavy (non-hydrogen) atoms. The van der Waals surface area contributed by atoms with Crippen LogP contribution in [0.25, 0.3) is 33.4 Å². The first-order valence-corrected chi connectivity index (χ1v) is 11.1. The van der Waals surface area contributed by atoms with E-state index in [0.717, 1.165) is 12.8 Å². The van der Waals surface area contributed by atoms with E-state index in [9.17, 15) is 9.65 Å².